The molecule has 2 aliphatic rings. The molecule has 0 bridgehead atoms. The zero-order chi connectivity index (χ0) is 24.4. The van der Waals surface area contributed by atoms with E-state index in [9.17, 15) is 14.5 Å². The van der Waals surface area contributed by atoms with Crippen molar-refractivity contribution in [3.63, 3.8) is 0 Å². The number of ether oxygens (including phenoxy) is 2. The van der Waals surface area contributed by atoms with Crippen molar-refractivity contribution in [3.8, 4) is 11.5 Å². The van der Waals surface area contributed by atoms with E-state index in [1.165, 1.54) is 18.5 Å². The zero-order valence-corrected chi connectivity index (χ0v) is 19.4. The average Bonchev–Trinajstić information content (AvgIpc) is 3.32. The van der Waals surface area contributed by atoms with Gasteiger partial charge in [-0.1, -0.05) is 23.7 Å². The molecule has 35 heavy (non-hydrogen) atoms. The molecule has 5 rings (SSSR count). The third-order valence-corrected chi connectivity index (χ3v) is 6.35. The molecule has 2 aliphatic heterocycles. The monoisotopic (exact) mass is 500 g/mol. The van der Waals surface area contributed by atoms with Gasteiger partial charge in [0.25, 0.3) is 0 Å². The minimum absolute atomic E-state index is 0.0158. The lowest BCUT2D eigenvalue weighted by molar-refractivity contribution is -0.383. The molecule has 182 valence electrons. The van der Waals surface area contributed by atoms with Crippen molar-refractivity contribution in [3.05, 3.63) is 74.8 Å². The van der Waals surface area contributed by atoms with E-state index in [0.717, 1.165) is 23.6 Å². The van der Waals surface area contributed by atoms with E-state index in [-0.39, 0.29) is 41.2 Å². The van der Waals surface area contributed by atoms with Gasteiger partial charge in [-0.15, -0.1) is 0 Å². The Hall–Kier alpha value is -3.70. The number of benzene rings is 2. The summed E-state index contributed by atoms with van der Waals surface area (Å²) in [5.74, 6) is 1.24. The van der Waals surface area contributed by atoms with E-state index >= 15 is 0 Å². The molecule has 1 saturated heterocycles. The zero-order valence-electron chi connectivity index (χ0n) is 18.6. The van der Waals surface area contributed by atoms with Crippen LogP contribution >= 0.6 is 11.6 Å². The van der Waals surface area contributed by atoms with E-state index in [1.807, 2.05) is 23.1 Å². The summed E-state index contributed by atoms with van der Waals surface area (Å²) < 4.78 is 24.9. The predicted molar refractivity (Wildman–Crippen MR) is 127 cm³/mol. The first kappa shape index (κ1) is 23.1. The molecule has 0 aliphatic carbocycles. The van der Waals surface area contributed by atoms with Crippen molar-refractivity contribution in [1.29, 1.82) is 0 Å². The maximum atomic E-state index is 14.1. The normalized spacial score (nSPS) is 15.3. The van der Waals surface area contributed by atoms with Crippen LogP contribution in [0, 0.1) is 15.9 Å². The molecule has 12 heteroatoms. The summed E-state index contributed by atoms with van der Waals surface area (Å²) in [4.78, 5) is 23.8. The highest BCUT2D eigenvalue weighted by Gasteiger charge is 2.29. The summed E-state index contributed by atoms with van der Waals surface area (Å²) in [6.45, 7) is 3.42. The second-order valence-electron chi connectivity index (χ2n) is 8.16. The third-order valence-electron chi connectivity index (χ3n) is 5.99. The van der Waals surface area contributed by atoms with E-state index in [4.69, 9.17) is 21.1 Å². The molecule has 0 amide bonds. The van der Waals surface area contributed by atoms with Crippen LogP contribution in [0.2, 0.25) is 5.02 Å². The summed E-state index contributed by atoms with van der Waals surface area (Å²) >= 11 is 6.08. The summed E-state index contributed by atoms with van der Waals surface area (Å²) in [6, 6.07) is 10.2. The largest absolute Gasteiger partial charge is 0.454 e. The molecular weight excluding hydrogens is 479 g/mol. The maximum Gasteiger partial charge on any atom is 0.353 e. The molecule has 0 saturated carbocycles. The van der Waals surface area contributed by atoms with Crippen LogP contribution in [0.4, 0.5) is 21.7 Å². The smallest absolute Gasteiger partial charge is 0.353 e. The number of fused-ring (bicyclic) bond motifs is 1. The number of anilines is 2. The molecule has 0 spiro atoms. The van der Waals surface area contributed by atoms with Crippen LogP contribution in [0.3, 0.4) is 0 Å². The summed E-state index contributed by atoms with van der Waals surface area (Å²) in [5, 5.41) is 15.0. The van der Waals surface area contributed by atoms with Gasteiger partial charge in [-0.2, -0.15) is 0 Å². The van der Waals surface area contributed by atoms with Gasteiger partial charge in [-0.05, 0) is 29.8 Å². The number of nitro groups is 1. The quantitative estimate of drug-likeness (QED) is 0.382. The number of halogens is 2. The maximum absolute atomic E-state index is 14.1. The molecule has 1 aromatic heterocycles. The van der Waals surface area contributed by atoms with Gasteiger partial charge in [-0.25, -0.2) is 14.4 Å². The molecule has 3 heterocycles. The number of nitrogens with zero attached hydrogens (tertiary/aromatic N) is 5. The molecule has 0 unspecified atom stereocenters. The first-order valence-corrected chi connectivity index (χ1v) is 11.4. The van der Waals surface area contributed by atoms with Crippen LogP contribution in [0.5, 0.6) is 11.5 Å². The second-order valence-corrected chi connectivity index (χ2v) is 8.56. The van der Waals surface area contributed by atoms with E-state index < -0.39 is 10.7 Å². The SMILES string of the molecule is O=[N+]([O-])c1c(NCc2c(F)cccc2Cl)ncnc1N1CCN(Cc2ccc3c(c2)OCO3)CC1. The third kappa shape index (κ3) is 4.91. The van der Waals surface area contributed by atoms with Gasteiger partial charge in [0.15, 0.2) is 11.5 Å². The van der Waals surface area contributed by atoms with Gasteiger partial charge in [0.05, 0.1) is 4.92 Å². The van der Waals surface area contributed by atoms with Crippen LogP contribution < -0.4 is 19.7 Å². The van der Waals surface area contributed by atoms with E-state index in [1.54, 1.807) is 6.07 Å². The van der Waals surface area contributed by atoms with Gasteiger partial charge in [0.1, 0.15) is 12.1 Å². The number of aromatic nitrogens is 2. The van der Waals surface area contributed by atoms with Crippen LogP contribution in [-0.2, 0) is 13.1 Å². The predicted octanol–water partition coefficient (Wildman–Crippen LogP) is 3.84. The fraction of sp³-hybridized carbons (Fsp3) is 0.304. The fourth-order valence-electron chi connectivity index (χ4n) is 4.19. The Balaban J connectivity index is 1.27. The van der Waals surface area contributed by atoms with Crippen molar-refractivity contribution in [2.75, 3.05) is 43.2 Å². The minimum atomic E-state index is -0.514. The Morgan fingerprint density at radius 3 is 2.69 bits per heavy atom. The van der Waals surface area contributed by atoms with Crippen LogP contribution in [0.25, 0.3) is 0 Å². The lowest BCUT2D eigenvalue weighted by Gasteiger charge is -2.35. The van der Waals surface area contributed by atoms with Gasteiger partial charge < -0.3 is 19.7 Å². The van der Waals surface area contributed by atoms with Gasteiger partial charge in [0.2, 0.25) is 18.4 Å². The molecule has 0 radical (unpaired) electrons. The standard InChI is InChI=1S/C23H22ClFN6O4/c24-17-2-1-3-18(25)16(17)11-26-22-21(31(32)33)23(28-13-27-22)30-8-6-29(7-9-30)12-15-4-5-19-20(10-15)35-14-34-19/h1-5,10,13H,6-9,11-12,14H2,(H,26,27,28). The Bertz CT molecular complexity index is 1230. The summed E-state index contributed by atoms with van der Waals surface area (Å²) in [7, 11) is 0. The summed E-state index contributed by atoms with van der Waals surface area (Å²) in [5.41, 5.74) is 1.07. The Morgan fingerprint density at radius 1 is 1.11 bits per heavy atom. The molecule has 10 nitrogen and oxygen atoms in total. The summed E-state index contributed by atoms with van der Waals surface area (Å²) in [6.07, 6.45) is 1.27. The van der Waals surface area contributed by atoms with E-state index in [0.29, 0.717) is 26.2 Å². The lowest BCUT2D eigenvalue weighted by atomic mass is 10.1. The van der Waals surface area contributed by atoms with Crippen LogP contribution in [0.1, 0.15) is 11.1 Å². The average molecular weight is 501 g/mol. The number of rotatable bonds is 7. The van der Waals surface area contributed by atoms with Crippen molar-refractivity contribution in [1.82, 2.24) is 14.9 Å². The first-order valence-electron chi connectivity index (χ1n) is 11.0. The van der Waals surface area contributed by atoms with Crippen molar-refractivity contribution < 1.29 is 18.8 Å². The number of hydrogen-bond acceptors (Lipinski definition) is 9. The van der Waals surface area contributed by atoms with Crippen molar-refractivity contribution in [2.45, 2.75) is 13.1 Å². The second kappa shape index (κ2) is 9.88. The topological polar surface area (TPSA) is 106 Å². The highest BCUT2D eigenvalue weighted by molar-refractivity contribution is 6.31. The molecule has 2 aromatic carbocycles. The molecule has 3 aromatic rings. The van der Waals surface area contributed by atoms with E-state index in [2.05, 4.69) is 20.2 Å². The number of nitrogens with one attached hydrogen (secondary N) is 1. The van der Waals surface area contributed by atoms with Gasteiger partial charge >= 0.3 is 5.69 Å². The molecular formula is C23H22ClFN6O4. The molecule has 1 N–H and O–H groups in total. The van der Waals surface area contributed by atoms with Crippen LogP contribution in [-0.4, -0.2) is 52.8 Å². The fourth-order valence-corrected chi connectivity index (χ4v) is 4.42. The Morgan fingerprint density at radius 2 is 1.91 bits per heavy atom. The Labute approximate surface area is 205 Å². The number of piperazine rings is 1. The molecule has 0 atom stereocenters. The van der Waals surface area contributed by atoms with Gasteiger partial charge in [-0.3, -0.25) is 15.0 Å². The Kier molecular flexibility index (Phi) is 6.51. The van der Waals surface area contributed by atoms with Crippen molar-refractivity contribution >= 4 is 28.9 Å². The van der Waals surface area contributed by atoms with Gasteiger partial charge in [0, 0.05) is 49.9 Å². The highest BCUT2D eigenvalue weighted by Crippen LogP contribution is 2.34. The number of hydrogen-bond donors (Lipinski definition) is 1. The minimum Gasteiger partial charge on any atom is -0.454 e. The highest BCUT2D eigenvalue weighted by atomic mass is 35.5. The van der Waals surface area contributed by atoms with Crippen molar-refractivity contribution in [2.24, 2.45) is 0 Å². The van der Waals surface area contributed by atoms with Crippen LogP contribution in [0.15, 0.2) is 42.7 Å². The molecule has 1 fully saturated rings. The first-order chi connectivity index (χ1) is 17.0. The lowest BCUT2D eigenvalue weighted by Crippen LogP contribution is -2.46.